The Balaban J connectivity index is 2.12. The van der Waals surface area contributed by atoms with Crippen LogP contribution in [0.1, 0.15) is 50.0 Å². The number of carboxylic acids is 1. The molecule has 1 aromatic carbocycles. The first-order valence-corrected chi connectivity index (χ1v) is 9.83. The maximum Gasteiger partial charge on any atom is 0.326 e. The lowest BCUT2D eigenvalue weighted by Gasteiger charge is -2.25. The van der Waals surface area contributed by atoms with Crippen molar-refractivity contribution in [1.29, 1.82) is 0 Å². The van der Waals surface area contributed by atoms with E-state index in [1.165, 1.54) is 16.7 Å². The molecule has 0 saturated carbocycles. The molecule has 1 aliphatic heterocycles. The molecule has 1 aliphatic rings. The number of aliphatic carboxylic acids is 1. The minimum atomic E-state index is -1.07. The Hall–Kier alpha value is -2.02. The fourth-order valence-electron chi connectivity index (χ4n) is 2.74. The third-order valence-corrected chi connectivity index (χ3v) is 5.48. The smallest absolute Gasteiger partial charge is 0.326 e. The lowest BCUT2D eigenvalue weighted by atomic mass is 9.86. The van der Waals surface area contributed by atoms with Gasteiger partial charge >= 0.3 is 5.97 Å². The van der Waals surface area contributed by atoms with Gasteiger partial charge in [0.1, 0.15) is 12.1 Å². The summed E-state index contributed by atoms with van der Waals surface area (Å²) in [7, 11) is 0. The van der Waals surface area contributed by atoms with Gasteiger partial charge in [0.2, 0.25) is 5.91 Å². The predicted molar refractivity (Wildman–Crippen MR) is 102 cm³/mol. The molecule has 1 fully saturated rings. The molecule has 1 heterocycles. The van der Waals surface area contributed by atoms with Crippen LogP contribution in [0.15, 0.2) is 24.3 Å². The van der Waals surface area contributed by atoms with E-state index < -0.39 is 24.0 Å². The second kappa shape index (κ2) is 8.12. The van der Waals surface area contributed by atoms with Gasteiger partial charge in [0, 0.05) is 11.3 Å². The summed E-state index contributed by atoms with van der Waals surface area (Å²) in [5, 5.41) is 11.6. The minimum Gasteiger partial charge on any atom is -0.480 e. The Bertz CT molecular complexity index is 682. The van der Waals surface area contributed by atoms with Crippen LogP contribution in [0, 0.1) is 0 Å². The lowest BCUT2D eigenvalue weighted by Crippen LogP contribution is -2.51. The number of nitrogens with zero attached hydrogens (tertiary/aromatic N) is 1. The third-order valence-electron chi connectivity index (χ3n) is 4.47. The van der Waals surface area contributed by atoms with E-state index in [1.54, 1.807) is 19.1 Å². The van der Waals surface area contributed by atoms with Crippen LogP contribution in [-0.2, 0) is 15.0 Å². The van der Waals surface area contributed by atoms with Crippen molar-refractivity contribution < 1.29 is 19.5 Å². The van der Waals surface area contributed by atoms with Crippen LogP contribution in [0.4, 0.5) is 0 Å². The third kappa shape index (κ3) is 4.58. The van der Waals surface area contributed by atoms with Gasteiger partial charge in [-0.25, -0.2) is 4.79 Å². The highest BCUT2D eigenvalue weighted by Gasteiger charge is 2.36. The Morgan fingerprint density at radius 2 is 1.88 bits per heavy atom. The van der Waals surface area contributed by atoms with E-state index in [9.17, 15) is 14.4 Å². The summed E-state index contributed by atoms with van der Waals surface area (Å²) in [6.07, 6.45) is 0.295. The highest BCUT2D eigenvalue weighted by molar-refractivity contribution is 7.99. The van der Waals surface area contributed by atoms with Crippen LogP contribution in [0.3, 0.4) is 0 Å². The molecule has 1 aromatic rings. The molecule has 2 unspecified atom stereocenters. The molecule has 0 spiro atoms. The van der Waals surface area contributed by atoms with Crippen molar-refractivity contribution in [2.45, 2.75) is 51.6 Å². The van der Waals surface area contributed by atoms with Crippen LogP contribution >= 0.6 is 11.8 Å². The van der Waals surface area contributed by atoms with Gasteiger partial charge in [0.25, 0.3) is 5.91 Å². The Morgan fingerprint density at radius 3 is 2.38 bits per heavy atom. The number of carbonyl (C=O) groups is 3. The van der Waals surface area contributed by atoms with Crippen LogP contribution < -0.4 is 5.32 Å². The van der Waals surface area contributed by atoms with Crippen LogP contribution in [0.2, 0.25) is 0 Å². The van der Waals surface area contributed by atoms with Gasteiger partial charge in [0.05, 0.1) is 5.88 Å². The van der Waals surface area contributed by atoms with Crippen molar-refractivity contribution >= 4 is 29.5 Å². The van der Waals surface area contributed by atoms with E-state index >= 15 is 0 Å². The van der Waals surface area contributed by atoms with Gasteiger partial charge in [-0.2, -0.15) is 0 Å². The average molecular weight is 378 g/mol. The summed E-state index contributed by atoms with van der Waals surface area (Å²) in [6, 6.07) is 5.85. The SMILES string of the molecule is CCC(NC(=O)C1CSCN1C(=O)c1ccc(C(C)(C)C)cc1)C(=O)O. The van der Waals surface area contributed by atoms with Crippen LogP contribution in [0.25, 0.3) is 0 Å². The molecule has 2 amide bonds. The molecular weight excluding hydrogens is 352 g/mol. The Labute approximate surface area is 158 Å². The van der Waals surface area contributed by atoms with E-state index in [4.69, 9.17) is 5.11 Å². The largest absolute Gasteiger partial charge is 0.480 e. The Kier molecular flexibility index (Phi) is 6.34. The number of carboxylic acid groups (broad SMARTS) is 1. The van der Waals surface area contributed by atoms with Gasteiger partial charge < -0.3 is 15.3 Å². The highest BCUT2D eigenvalue weighted by atomic mass is 32.2. The molecule has 2 atom stereocenters. The molecule has 142 valence electrons. The number of benzene rings is 1. The van der Waals surface area contributed by atoms with Crippen molar-refractivity contribution in [1.82, 2.24) is 10.2 Å². The predicted octanol–water partition coefficient (Wildman–Crippen LogP) is 2.48. The minimum absolute atomic E-state index is 0.000504. The van der Waals surface area contributed by atoms with Crippen molar-refractivity contribution in [3.8, 4) is 0 Å². The molecule has 2 rings (SSSR count). The number of thioether (sulfide) groups is 1. The zero-order valence-corrected chi connectivity index (χ0v) is 16.4. The molecule has 26 heavy (non-hydrogen) atoms. The molecule has 0 bridgehead atoms. The second-order valence-electron chi connectivity index (χ2n) is 7.43. The summed E-state index contributed by atoms with van der Waals surface area (Å²) >= 11 is 1.49. The second-order valence-corrected chi connectivity index (χ2v) is 8.43. The summed E-state index contributed by atoms with van der Waals surface area (Å²) in [4.78, 5) is 37.9. The van der Waals surface area contributed by atoms with Crippen LogP contribution in [0.5, 0.6) is 0 Å². The summed E-state index contributed by atoms with van der Waals surface area (Å²) in [5.41, 5.74) is 1.66. The number of hydrogen-bond donors (Lipinski definition) is 2. The molecule has 6 nitrogen and oxygen atoms in total. The molecule has 7 heteroatoms. The summed E-state index contributed by atoms with van der Waals surface area (Å²) < 4.78 is 0. The lowest BCUT2D eigenvalue weighted by molar-refractivity contribution is -0.142. The van der Waals surface area contributed by atoms with Crippen molar-refractivity contribution in [2.24, 2.45) is 0 Å². The van der Waals surface area contributed by atoms with Gasteiger partial charge in [-0.05, 0) is 29.5 Å². The molecular formula is C19H26N2O4S. The van der Waals surface area contributed by atoms with Gasteiger partial charge in [-0.3, -0.25) is 9.59 Å². The normalized spacial score (nSPS) is 18.5. The first kappa shape index (κ1) is 20.3. The quantitative estimate of drug-likeness (QED) is 0.822. The van der Waals surface area contributed by atoms with E-state index in [2.05, 4.69) is 26.1 Å². The number of amides is 2. The summed E-state index contributed by atoms with van der Waals surface area (Å²) in [6.45, 7) is 8.01. The van der Waals surface area contributed by atoms with E-state index in [-0.39, 0.29) is 11.3 Å². The van der Waals surface area contributed by atoms with Gasteiger partial charge in [0.15, 0.2) is 0 Å². The zero-order valence-electron chi connectivity index (χ0n) is 15.6. The number of rotatable bonds is 5. The molecule has 1 saturated heterocycles. The maximum absolute atomic E-state index is 12.8. The first-order valence-electron chi connectivity index (χ1n) is 8.67. The van der Waals surface area contributed by atoms with E-state index in [1.807, 2.05) is 12.1 Å². The molecule has 2 N–H and O–H groups in total. The topological polar surface area (TPSA) is 86.7 Å². The monoisotopic (exact) mass is 378 g/mol. The molecule has 0 aliphatic carbocycles. The van der Waals surface area contributed by atoms with Gasteiger partial charge in [-0.1, -0.05) is 39.8 Å². The standard InChI is InChI=1S/C19H26N2O4S/c1-5-14(18(24)25)20-16(22)15-10-26-11-21(15)17(23)12-6-8-13(9-7-12)19(2,3)4/h6-9,14-15H,5,10-11H2,1-4H3,(H,20,22)(H,24,25). The molecule has 0 aromatic heterocycles. The van der Waals surface area contributed by atoms with E-state index in [0.29, 0.717) is 23.6 Å². The zero-order chi connectivity index (χ0) is 19.5. The number of nitrogens with one attached hydrogen (secondary N) is 1. The molecule has 0 radical (unpaired) electrons. The van der Waals surface area contributed by atoms with Crippen molar-refractivity contribution in [2.75, 3.05) is 11.6 Å². The number of carbonyl (C=O) groups excluding carboxylic acids is 2. The van der Waals surface area contributed by atoms with Crippen molar-refractivity contribution in [3.63, 3.8) is 0 Å². The number of hydrogen-bond acceptors (Lipinski definition) is 4. The Morgan fingerprint density at radius 1 is 1.27 bits per heavy atom. The maximum atomic E-state index is 12.8. The van der Waals surface area contributed by atoms with Crippen LogP contribution in [-0.4, -0.2) is 51.5 Å². The average Bonchev–Trinajstić information content (AvgIpc) is 3.07. The van der Waals surface area contributed by atoms with Crippen molar-refractivity contribution in [3.05, 3.63) is 35.4 Å². The fourth-order valence-corrected chi connectivity index (χ4v) is 3.90. The van der Waals surface area contributed by atoms with Gasteiger partial charge in [-0.15, -0.1) is 11.8 Å². The highest BCUT2D eigenvalue weighted by Crippen LogP contribution is 2.26. The summed E-state index contributed by atoms with van der Waals surface area (Å²) in [5.74, 6) is -0.805. The first-order chi connectivity index (χ1) is 12.1. The fraction of sp³-hybridized carbons (Fsp3) is 0.526. The van der Waals surface area contributed by atoms with E-state index in [0.717, 1.165) is 5.56 Å².